The molecule has 198 valence electrons. The van der Waals surface area contributed by atoms with Gasteiger partial charge in [-0.05, 0) is 50.3 Å². The Morgan fingerprint density at radius 1 is 1.22 bits per heavy atom. The molecule has 2 aromatic heterocycles. The molecule has 1 aromatic carbocycles. The third kappa shape index (κ3) is 5.63. The molecule has 0 spiro atoms. The standard InChI is InChI=1S/C28H35Cl2N5O2/c1-16(2)35-25(8-7-22-19-12-20(28(4,5)6)21(30)13-23(19)33-32-22)31-17(3)27(35)24(36)11-18-14-34(15-18)26(37)9-10-29/h9-10,12-13,16,18H,7-8,11,14-15H2,1-6H3,(H,32,33)/b10-9-. The van der Waals surface area contributed by atoms with Gasteiger partial charge in [-0.15, -0.1) is 0 Å². The van der Waals surface area contributed by atoms with Crippen LogP contribution in [0, 0.1) is 12.8 Å². The second kappa shape index (κ2) is 10.6. The van der Waals surface area contributed by atoms with Gasteiger partial charge in [-0.3, -0.25) is 14.7 Å². The molecule has 0 aliphatic carbocycles. The van der Waals surface area contributed by atoms with Crippen molar-refractivity contribution in [2.45, 2.75) is 72.3 Å². The van der Waals surface area contributed by atoms with E-state index in [4.69, 9.17) is 28.2 Å². The molecule has 3 heterocycles. The number of fused-ring (bicyclic) bond motifs is 1. The summed E-state index contributed by atoms with van der Waals surface area (Å²) in [5, 5.41) is 9.45. The van der Waals surface area contributed by atoms with Gasteiger partial charge in [0.2, 0.25) is 5.91 Å². The van der Waals surface area contributed by atoms with Gasteiger partial charge >= 0.3 is 0 Å². The molecule has 0 bridgehead atoms. The first-order valence-corrected chi connectivity index (χ1v) is 13.6. The maximum absolute atomic E-state index is 13.4. The van der Waals surface area contributed by atoms with Crippen molar-refractivity contribution >= 4 is 45.8 Å². The van der Waals surface area contributed by atoms with Crippen LogP contribution in [-0.2, 0) is 23.1 Å². The van der Waals surface area contributed by atoms with Crippen molar-refractivity contribution in [2.75, 3.05) is 13.1 Å². The van der Waals surface area contributed by atoms with Crippen LogP contribution in [-0.4, -0.2) is 49.4 Å². The van der Waals surface area contributed by atoms with Crippen LogP contribution in [0.1, 0.15) is 80.3 Å². The molecule has 3 aromatic rings. The van der Waals surface area contributed by atoms with E-state index in [1.165, 1.54) is 11.6 Å². The second-order valence-electron chi connectivity index (χ2n) is 11.3. The van der Waals surface area contributed by atoms with Gasteiger partial charge in [0, 0.05) is 65.6 Å². The summed E-state index contributed by atoms with van der Waals surface area (Å²) in [6.45, 7) is 13.6. The van der Waals surface area contributed by atoms with Crippen LogP contribution in [0.4, 0.5) is 0 Å². The predicted octanol–water partition coefficient (Wildman–Crippen LogP) is 6.17. The zero-order chi connectivity index (χ0) is 27.1. The lowest BCUT2D eigenvalue weighted by atomic mass is 9.86. The molecule has 1 N–H and O–H groups in total. The number of nitrogens with zero attached hydrogens (tertiary/aromatic N) is 4. The molecule has 1 aliphatic rings. The first-order valence-electron chi connectivity index (χ1n) is 12.7. The van der Waals surface area contributed by atoms with E-state index < -0.39 is 0 Å². The van der Waals surface area contributed by atoms with Crippen LogP contribution >= 0.6 is 23.2 Å². The number of ketones is 1. The third-order valence-electron chi connectivity index (χ3n) is 7.02. The monoisotopic (exact) mass is 543 g/mol. The van der Waals surface area contributed by atoms with Crippen LogP contribution in [0.25, 0.3) is 10.9 Å². The molecule has 1 saturated heterocycles. The number of aromatic amines is 1. The summed E-state index contributed by atoms with van der Waals surface area (Å²) in [5.74, 6) is 0.999. The number of H-pyrrole nitrogens is 1. The summed E-state index contributed by atoms with van der Waals surface area (Å²) < 4.78 is 2.07. The topological polar surface area (TPSA) is 83.9 Å². The molecule has 4 rings (SSSR count). The van der Waals surface area contributed by atoms with E-state index in [-0.39, 0.29) is 29.1 Å². The largest absolute Gasteiger partial charge is 0.338 e. The average molecular weight is 545 g/mol. The maximum Gasteiger partial charge on any atom is 0.247 e. The summed E-state index contributed by atoms with van der Waals surface area (Å²) in [6.07, 6.45) is 3.12. The minimum Gasteiger partial charge on any atom is -0.338 e. The molecule has 0 radical (unpaired) electrons. The van der Waals surface area contributed by atoms with Gasteiger partial charge in [-0.2, -0.15) is 5.10 Å². The fraction of sp³-hybridized carbons (Fsp3) is 0.500. The van der Waals surface area contributed by atoms with Crippen LogP contribution in [0.15, 0.2) is 23.7 Å². The van der Waals surface area contributed by atoms with E-state index in [9.17, 15) is 9.59 Å². The molecule has 0 atom stereocenters. The molecule has 9 heteroatoms. The minimum absolute atomic E-state index is 0.0754. The summed E-state index contributed by atoms with van der Waals surface area (Å²) in [6, 6.07) is 4.16. The van der Waals surface area contributed by atoms with Crippen molar-refractivity contribution in [1.82, 2.24) is 24.6 Å². The van der Waals surface area contributed by atoms with Gasteiger partial charge in [0.05, 0.1) is 11.2 Å². The lowest BCUT2D eigenvalue weighted by molar-refractivity contribution is -0.132. The first kappa shape index (κ1) is 27.4. The second-order valence-corrected chi connectivity index (χ2v) is 11.9. The smallest absolute Gasteiger partial charge is 0.247 e. The molecule has 7 nitrogen and oxygen atoms in total. The van der Waals surface area contributed by atoms with Crippen LogP contribution < -0.4 is 0 Å². The van der Waals surface area contributed by atoms with Gasteiger partial charge < -0.3 is 9.47 Å². The number of halogens is 2. The van der Waals surface area contributed by atoms with Crippen molar-refractivity contribution in [1.29, 1.82) is 0 Å². The van der Waals surface area contributed by atoms with Crippen LogP contribution in [0.2, 0.25) is 5.02 Å². The lowest BCUT2D eigenvalue weighted by Gasteiger charge is -2.38. The number of rotatable bonds is 8. The molecule has 0 saturated carbocycles. The Morgan fingerprint density at radius 2 is 1.92 bits per heavy atom. The van der Waals surface area contributed by atoms with Crippen molar-refractivity contribution in [3.05, 3.63) is 57.2 Å². The Labute approximate surface area is 228 Å². The number of hydrogen-bond acceptors (Lipinski definition) is 4. The molecule has 1 fully saturated rings. The predicted molar refractivity (Wildman–Crippen MR) is 149 cm³/mol. The van der Waals surface area contributed by atoms with Crippen molar-refractivity contribution in [3.63, 3.8) is 0 Å². The first-order chi connectivity index (χ1) is 17.4. The number of Topliss-reactive ketones (excluding diaryl/α,β-unsaturated/α-hetero) is 1. The van der Waals surface area contributed by atoms with E-state index in [2.05, 4.69) is 55.4 Å². The minimum atomic E-state index is -0.118. The highest BCUT2D eigenvalue weighted by Crippen LogP contribution is 2.34. The highest BCUT2D eigenvalue weighted by atomic mass is 35.5. The van der Waals surface area contributed by atoms with Crippen LogP contribution in [0.3, 0.4) is 0 Å². The third-order valence-corrected chi connectivity index (χ3v) is 7.45. The van der Waals surface area contributed by atoms with E-state index >= 15 is 0 Å². The number of carbonyl (C=O) groups is 2. The van der Waals surface area contributed by atoms with Gasteiger partial charge in [0.25, 0.3) is 0 Å². The number of carbonyl (C=O) groups excluding carboxylic acids is 2. The fourth-order valence-electron chi connectivity index (χ4n) is 5.16. The maximum atomic E-state index is 13.4. The quantitative estimate of drug-likeness (QED) is 0.272. The number of benzene rings is 1. The summed E-state index contributed by atoms with van der Waals surface area (Å²) in [4.78, 5) is 31.8. The number of imidazole rings is 1. The Balaban J connectivity index is 1.52. The van der Waals surface area contributed by atoms with E-state index in [0.717, 1.165) is 38.7 Å². The SMILES string of the molecule is Cc1nc(CCc2[nH]nc3cc(Cl)c(C(C)(C)C)cc23)n(C(C)C)c1C(=O)CC1CN(C(=O)/C=C\Cl)C1. The molecule has 37 heavy (non-hydrogen) atoms. The number of hydrogen-bond donors (Lipinski definition) is 1. The Hall–Kier alpha value is -2.64. The number of aromatic nitrogens is 4. The summed E-state index contributed by atoms with van der Waals surface area (Å²) in [7, 11) is 0. The molecular weight excluding hydrogens is 509 g/mol. The zero-order valence-corrected chi connectivity index (χ0v) is 23.9. The van der Waals surface area contributed by atoms with Crippen molar-refractivity contribution < 1.29 is 9.59 Å². The Morgan fingerprint density at radius 3 is 2.54 bits per heavy atom. The molecule has 1 amide bonds. The summed E-state index contributed by atoms with van der Waals surface area (Å²) in [5.41, 5.74) is 5.54. The van der Waals surface area contributed by atoms with Crippen molar-refractivity contribution in [2.24, 2.45) is 5.92 Å². The van der Waals surface area contributed by atoms with E-state index in [0.29, 0.717) is 38.0 Å². The molecular formula is C28H35Cl2N5O2. The Kier molecular flexibility index (Phi) is 7.86. The van der Waals surface area contributed by atoms with E-state index in [1.54, 1.807) is 4.90 Å². The normalized spacial score (nSPS) is 14.8. The number of nitrogens with one attached hydrogen (secondary N) is 1. The van der Waals surface area contributed by atoms with Gasteiger partial charge in [0.15, 0.2) is 5.78 Å². The molecule has 0 unspecified atom stereocenters. The number of likely N-dealkylation sites (tertiary alicyclic amines) is 1. The number of amides is 1. The highest BCUT2D eigenvalue weighted by Gasteiger charge is 2.33. The van der Waals surface area contributed by atoms with Gasteiger partial charge in [-0.1, -0.05) is 44.0 Å². The average Bonchev–Trinajstić information content (AvgIpc) is 3.32. The summed E-state index contributed by atoms with van der Waals surface area (Å²) >= 11 is 12.0. The fourth-order valence-corrected chi connectivity index (χ4v) is 5.71. The number of aryl methyl sites for hydroxylation is 3. The Bertz CT molecular complexity index is 1360. The van der Waals surface area contributed by atoms with Crippen LogP contribution in [0.5, 0.6) is 0 Å². The van der Waals surface area contributed by atoms with Gasteiger partial charge in [-0.25, -0.2) is 4.98 Å². The highest BCUT2D eigenvalue weighted by molar-refractivity contribution is 6.32. The zero-order valence-electron chi connectivity index (χ0n) is 22.4. The molecule has 1 aliphatic heterocycles. The van der Waals surface area contributed by atoms with Crippen molar-refractivity contribution in [3.8, 4) is 0 Å². The lowest BCUT2D eigenvalue weighted by Crippen LogP contribution is -2.50. The van der Waals surface area contributed by atoms with Gasteiger partial charge in [0.1, 0.15) is 11.5 Å². The van der Waals surface area contributed by atoms with E-state index in [1.807, 2.05) is 13.0 Å².